The standard InChI is InChI=1S/C17H20FNO2/c1-20-14-7-8-17(21-2)16(11-14)15(9-10-19)12-3-5-13(18)6-4-12/h3-8,11,15H,9-10,19H2,1-2H3. The van der Waals surface area contributed by atoms with Crippen LogP contribution in [0.5, 0.6) is 11.5 Å². The van der Waals surface area contributed by atoms with Crippen molar-refractivity contribution in [1.29, 1.82) is 0 Å². The van der Waals surface area contributed by atoms with Crippen LogP contribution in [0.4, 0.5) is 4.39 Å². The van der Waals surface area contributed by atoms with Gasteiger partial charge in [0, 0.05) is 11.5 Å². The van der Waals surface area contributed by atoms with Crippen molar-refractivity contribution in [2.24, 2.45) is 5.73 Å². The van der Waals surface area contributed by atoms with Gasteiger partial charge in [0.15, 0.2) is 0 Å². The lowest BCUT2D eigenvalue weighted by molar-refractivity contribution is 0.396. The highest BCUT2D eigenvalue weighted by Gasteiger charge is 2.18. The average molecular weight is 289 g/mol. The summed E-state index contributed by atoms with van der Waals surface area (Å²) in [5.74, 6) is 1.33. The van der Waals surface area contributed by atoms with E-state index in [1.807, 2.05) is 18.2 Å². The molecule has 0 bridgehead atoms. The molecule has 0 fully saturated rings. The van der Waals surface area contributed by atoms with Crippen molar-refractivity contribution in [3.05, 3.63) is 59.4 Å². The van der Waals surface area contributed by atoms with E-state index >= 15 is 0 Å². The third-order valence-electron chi connectivity index (χ3n) is 3.54. The van der Waals surface area contributed by atoms with Crippen molar-refractivity contribution >= 4 is 0 Å². The van der Waals surface area contributed by atoms with E-state index in [9.17, 15) is 4.39 Å². The Labute approximate surface area is 124 Å². The first kappa shape index (κ1) is 15.3. The number of benzene rings is 2. The normalized spacial score (nSPS) is 12.0. The minimum atomic E-state index is -0.247. The van der Waals surface area contributed by atoms with Crippen molar-refractivity contribution in [3.63, 3.8) is 0 Å². The molecule has 3 nitrogen and oxygen atoms in total. The molecule has 2 aromatic rings. The predicted molar refractivity (Wildman–Crippen MR) is 81.5 cm³/mol. The molecule has 0 amide bonds. The third-order valence-corrected chi connectivity index (χ3v) is 3.54. The monoisotopic (exact) mass is 289 g/mol. The van der Waals surface area contributed by atoms with Crippen molar-refractivity contribution < 1.29 is 13.9 Å². The number of rotatable bonds is 6. The molecule has 1 atom stereocenters. The molecule has 0 aliphatic carbocycles. The van der Waals surface area contributed by atoms with Crippen LogP contribution in [0.3, 0.4) is 0 Å². The van der Waals surface area contributed by atoms with Crippen LogP contribution in [0.25, 0.3) is 0 Å². The molecular weight excluding hydrogens is 269 g/mol. The van der Waals surface area contributed by atoms with Gasteiger partial charge in [-0.25, -0.2) is 4.39 Å². The molecular formula is C17H20FNO2. The zero-order valence-electron chi connectivity index (χ0n) is 12.3. The number of ether oxygens (including phenoxy) is 2. The molecule has 2 rings (SSSR count). The van der Waals surface area contributed by atoms with Gasteiger partial charge in [-0.05, 0) is 48.9 Å². The van der Waals surface area contributed by atoms with Gasteiger partial charge < -0.3 is 15.2 Å². The van der Waals surface area contributed by atoms with Gasteiger partial charge >= 0.3 is 0 Å². The second-order valence-electron chi connectivity index (χ2n) is 4.79. The molecule has 0 heterocycles. The van der Waals surface area contributed by atoms with E-state index in [1.165, 1.54) is 12.1 Å². The van der Waals surface area contributed by atoms with Crippen LogP contribution in [-0.4, -0.2) is 20.8 Å². The number of hydrogen-bond acceptors (Lipinski definition) is 3. The lowest BCUT2D eigenvalue weighted by Gasteiger charge is -2.20. The maximum Gasteiger partial charge on any atom is 0.123 e. The Kier molecular flexibility index (Phi) is 5.17. The first-order valence-corrected chi connectivity index (χ1v) is 6.87. The summed E-state index contributed by atoms with van der Waals surface area (Å²) in [6, 6.07) is 12.2. The summed E-state index contributed by atoms with van der Waals surface area (Å²) >= 11 is 0. The fraction of sp³-hybridized carbons (Fsp3) is 0.294. The van der Waals surface area contributed by atoms with Crippen molar-refractivity contribution in [3.8, 4) is 11.5 Å². The van der Waals surface area contributed by atoms with Crippen LogP contribution >= 0.6 is 0 Å². The van der Waals surface area contributed by atoms with Gasteiger partial charge in [0.05, 0.1) is 14.2 Å². The summed E-state index contributed by atoms with van der Waals surface area (Å²) in [4.78, 5) is 0. The summed E-state index contributed by atoms with van der Waals surface area (Å²) in [6.45, 7) is 0.530. The maximum absolute atomic E-state index is 13.1. The Hall–Kier alpha value is -2.07. The quantitative estimate of drug-likeness (QED) is 0.887. The van der Waals surface area contributed by atoms with E-state index in [0.717, 1.165) is 29.0 Å². The van der Waals surface area contributed by atoms with Gasteiger partial charge in [-0.2, -0.15) is 0 Å². The first-order chi connectivity index (χ1) is 10.2. The Bertz CT molecular complexity index is 584. The van der Waals surface area contributed by atoms with Crippen LogP contribution in [0.15, 0.2) is 42.5 Å². The molecule has 0 aliphatic rings. The third kappa shape index (κ3) is 3.52. The van der Waals surface area contributed by atoms with Gasteiger partial charge in [-0.1, -0.05) is 12.1 Å². The molecule has 0 aliphatic heterocycles. The smallest absolute Gasteiger partial charge is 0.123 e. The molecule has 2 aromatic carbocycles. The number of halogens is 1. The van der Waals surface area contributed by atoms with Gasteiger partial charge in [0.2, 0.25) is 0 Å². The summed E-state index contributed by atoms with van der Waals surface area (Å²) in [6.07, 6.45) is 0.745. The Morgan fingerprint density at radius 3 is 2.33 bits per heavy atom. The van der Waals surface area contributed by atoms with E-state index < -0.39 is 0 Å². The Balaban J connectivity index is 2.48. The topological polar surface area (TPSA) is 44.5 Å². The highest BCUT2D eigenvalue weighted by molar-refractivity contribution is 5.46. The lowest BCUT2D eigenvalue weighted by atomic mass is 9.87. The number of nitrogens with two attached hydrogens (primary N) is 1. The van der Waals surface area contributed by atoms with Crippen LogP contribution in [0.2, 0.25) is 0 Å². The SMILES string of the molecule is COc1ccc(OC)c(C(CCN)c2ccc(F)cc2)c1. The highest BCUT2D eigenvalue weighted by atomic mass is 19.1. The molecule has 0 saturated carbocycles. The van der Waals surface area contributed by atoms with E-state index in [-0.39, 0.29) is 11.7 Å². The second kappa shape index (κ2) is 7.09. The predicted octanol–water partition coefficient (Wildman–Crippen LogP) is 3.32. The second-order valence-corrected chi connectivity index (χ2v) is 4.79. The van der Waals surface area contributed by atoms with Gasteiger partial charge in [-0.15, -0.1) is 0 Å². The minimum absolute atomic E-state index is 0.0423. The van der Waals surface area contributed by atoms with Crippen LogP contribution in [-0.2, 0) is 0 Å². The fourth-order valence-corrected chi connectivity index (χ4v) is 2.48. The molecule has 1 unspecified atom stereocenters. The lowest BCUT2D eigenvalue weighted by Crippen LogP contribution is -2.10. The van der Waals surface area contributed by atoms with E-state index in [0.29, 0.717) is 6.54 Å². The van der Waals surface area contributed by atoms with Gasteiger partial charge in [0.25, 0.3) is 0 Å². The van der Waals surface area contributed by atoms with E-state index in [4.69, 9.17) is 15.2 Å². The molecule has 0 aromatic heterocycles. The zero-order chi connectivity index (χ0) is 15.2. The van der Waals surface area contributed by atoms with Crippen molar-refractivity contribution in [2.75, 3.05) is 20.8 Å². The van der Waals surface area contributed by atoms with E-state index in [2.05, 4.69) is 0 Å². The zero-order valence-corrected chi connectivity index (χ0v) is 12.3. The Morgan fingerprint density at radius 1 is 1.05 bits per heavy atom. The Morgan fingerprint density at radius 2 is 1.76 bits per heavy atom. The maximum atomic E-state index is 13.1. The minimum Gasteiger partial charge on any atom is -0.497 e. The average Bonchev–Trinajstić information content (AvgIpc) is 2.53. The molecule has 21 heavy (non-hydrogen) atoms. The van der Waals surface area contributed by atoms with Gasteiger partial charge in [-0.3, -0.25) is 0 Å². The van der Waals surface area contributed by atoms with Crippen LogP contribution in [0.1, 0.15) is 23.5 Å². The summed E-state index contributed by atoms with van der Waals surface area (Å²) in [7, 11) is 3.26. The summed E-state index contributed by atoms with van der Waals surface area (Å²) < 4.78 is 23.9. The van der Waals surface area contributed by atoms with E-state index in [1.54, 1.807) is 26.4 Å². The first-order valence-electron chi connectivity index (χ1n) is 6.87. The van der Waals surface area contributed by atoms with Crippen LogP contribution < -0.4 is 15.2 Å². The molecule has 2 N–H and O–H groups in total. The number of methoxy groups -OCH3 is 2. The fourth-order valence-electron chi connectivity index (χ4n) is 2.48. The number of hydrogen-bond donors (Lipinski definition) is 1. The summed E-state index contributed by atoms with van der Waals surface area (Å²) in [5, 5.41) is 0. The molecule has 0 spiro atoms. The molecule has 0 saturated heterocycles. The molecule has 0 radical (unpaired) electrons. The largest absolute Gasteiger partial charge is 0.497 e. The molecule has 112 valence electrons. The van der Waals surface area contributed by atoms with Crippen molar-refractivity contribution in [2.45, 2.75) is 12.3 Å². The van der Waals surface area contributed by atoms with Crippen LogP contribution in [0, 0.1) is 5.82 Å². The summed E-state index contributed by atoms with van der Waals surface area (Å²) in [5.41, 5.74) is 7.75. The highest BCUT2D eigenvalue weighted by Crippen LogP contribution is 2.36. The van der Waals surface area contributed by atoms with Gasteiger partial charge in [0.1, 0.15) is 17.3 Å². The van der Waals surface area contributed by atoms with Crippen molar-refractivity contribution in [1.82, 2.24) is 0 Å². The molecule has 4 heteroatoms.